The summed E-state index contributed by atoms with van der Waals surface area (Å²) in [6, 6.07) is 14.9. The molecule has 0 heterocycles. The first-order valence-corrected chi connectivity index (χ1v) is 5.34. The molecule has 0 spiro atoms. The molecule has 0 aliphatic rings. The molecule has 2 N–H and O–H groups in total. The van der Waals surface area contributed by atoms with E-state index in [-0.39, 0.29) is 0 Å². The maximum Gasteiger partial charge on any atom is 0.119 e. The van der Waals surface area contributed by atoms with Gasteiger partial charge < -0.3 is 10.5 Å². The van der Waals surface area contributed by atoms with Crippen LogP contribution in [0.2, 0.25) is 5.02 Å². The number of benzene rings is 2. The van der Waals surface area contributed by atoms with E-state index in [9.17, 15) is 0 Å². The van der Waals surface area contributed by atoms with Crippen molar-refractivity contribution < 1.29 is 4.74 Å². The van der Waals surface area contributed by atoms with Gasteiger partial charge in [0.25, 0.3) is 0 Å². The maximum absolute atomic E-state index is 5.78. The van der Waals surface area contributed by atoms with Crippen molar-refractivity contribution in [1.29, 1.82) is 0 Å². The fraction of sp³-hybridized carbons (Fsp3) is 0.0769. The quantitative estimate of drug-likeness (QED) is 0.824. The van der Waals surface area contributed by atoms with Gasteiger partial charge in [-0.15, -0.1) is 0 Å². The van der Waals surface area contributed by atoms with Crippen molar-refractivity contribution in [1.82, 2.24) is 0 Å². The first-order chi connectivity index (χ1) is 7.74. The van der Waals surface area contributed by atoms with Gasteiger partial charge in [0, 0.05) is 10.7 Å². The van der Waals surface area contributed by atoms with E-state index >= 15 is 0 Å². The molecule has 0 fully saturated rings. The predicted octanol–water partition coefficient (Wildman–Crippen LogP) is 3.50. The standard InChI is InChI=1S/C13H12ClNO/c14-11-4-6-13(7-5-11)16-9-10-2-1-3-12(15)8-10/h1-8H,9,15H2. The van der Waals surface area contributed by atoms with Crippen LogP contribution in [-0.4, -0.2) is 0 Å². The van der Waals surface area contributed by atoms with Crippen LogP contribution in [0.4, 0.5) is 5.69 Å². The molecular formula is C13H12ClNO. The van der Waals surface area contributed by atoms with E-state index in [2.05, 4.69) is 0 Å². The van der Waals surface area contributed by atoms with Crippen molar-refractivity contribution in [2.45, 2.75) is 6.61 Å². The molecule has 0 radical (unpaired) electrons. The molecule has 2 nitrogen and oxygen atoms in total. The van der Waals surface area contributed by atoms with Crippen molar-refractivity contribution >= 4 is 17.3 Å². The van der Waals surface area contributed by atoms with Gasteiger partial charge in [-0.2, -0.15) is 0 Å². The van der Waals surface area contributed by atoms with Gasteiger partial charge in [0.05, 0.1) is 0 Å². The number of rotatable bonds is 3. The van der Waals surface area contributed by atoms with Crippen molar-refractivity contribution in [3.8, 4) is 5.75 Å². The summed E-state index contributed by atoms with van der Waals surface area (Å²) in [5, 5.41) is 0.705. The first kappa shape index (κ1) is 10.8. The van der Waals surface area contributed by atoms with Gasteiger partial charge >= 0.3 is 0 Å². The zero-order chi connectivity index (χ0) is 11.4. The Balaban J connectivity index is 1.99. The van der Waals surface area contributed by atoms with Crippen LogP contribution in [0, 0.1) is 0 Å². The number of halogens is 1. The molecule has 0 aliphatic heterocycles. The minimum Gasteiger partial charge on any atom is -0.489 e. The molecule has 0 saturated carbocycles. The lowest BCUT2D eigenvalue weighted by Crippen LogP contribution is -1.96. The second kappa shape index (κ2) is 4.90. The first-order valence-electron chi connectivity index (χ1n) is 4.97. The van der Waals surface area contributed by atoms with Crippen LogP contribution in [0.15, 0.2) is 48.5 Å². The van der Waals surface area contributed by atoms with Gasteiger partial charge in [-0.3, -0.25) is 0 Å². The summed E-state index contributed by atoms with van der Waals surface area (Å²) in [4.78, 5) is 0. The highest BCUT2D eigenvalue weighted by atomic mass is 35.5. The van der Waals surface area contributed by atoms with E-state index in [0.717, 1.165) is 17.0 Å². The van der Waals surface area contributed by atoms with Crippen LogP contribution < -0.4 is 10.5 Å². The van der Waals surface area contributed by atoms with Gasteiger partial charge in [0.1, 0.15) is 12.4 Å². The average molecular weight is 234 g/mol. The molecule has 0 unspecified atom stereocenters. The van der Waals surface area contributed by atoms with Crippen molar-refractivity contribution in [3.63, 3.8) is 0 Å². The van der Waals surface area contributed by atoms with Crippen molar-refractivity contribution in [2.75, 3.05) is 5.73 Å². The summed E-state index contributed by atoms with van der Waals surface area (Å²) in [5.41, 5.74) is 7.47. The third-order valence-corrected chi connectivity index (χ3v) is 2.42. The van der Waals surface area contributed by atoms with Crippen molar-refractivity contribution in [3.05, 3.63) is 59.1 Å². The molecule has 0 aromatic heterocycles. The zero-order valence-electron chi connectivity index (χ0n) is 8.69. The molecule has 82 valence electrons. The van der Waals surface area contributed by atoms with Gasteiger partial charge in [0.15, 0.2) is 0 Å². The maximum atomic E-state index is 5.78. The highest BCUT2D eigenvalue weighted by molar-refractivity contribution is 6.30. The number of nitrogens with two attached hydrogens (primary N) is 1. The zero-order valence-corrected chi connectivity index (χ0v) is 9.45. The van der Waals surface area contributed by atoms with Crippen LogP contribution in [0.25, 0.3) is 0 Å². The molecule has 0 saturated heterocycles. The third kappa shape index (κ3) is 2.91. The summed E-state index contributed by atoms with van der Waals surface area (Å²) >= 11 is 5.78. The fourth-order valence-electron chi connectivity index (χ4n) is 1.38. The molecule has 0 aliphatic carbocycles. The molecular weight excluding hydrogens is 222 g/mol. The molecule has 16 heavy (non-hydrogen) atoms. The lowest BCUT2D eigenvalue weighted by atomic mass is 10.2. The van der Waals surface area contributed by atoms with E-state index in [4.69, 9.17) is 22.1 Å². The summed E-state index contributed by atoms with van der Waals surface area (Å²) in [7, 11) is 0. The Kier molecular flexibility index (Phi) is 3.32. The van der Waals surface area contributed by atoms with Crippen LogP contribution in [0.1, 0.15) is 5.56 Å². The highest BCUT2D eigenvalue weighted by Gasteiger charge is 1.96. The molecule has 2 rings (SSSR count). The minimum absolute atomic E-state index is 0.507. The third-order valence-electron chi connectivity index (χ3n) is 2.17. The van der Waals surface area contributed by atoms with Crippen LogP contribution in [0.3, 0.4) is 0 Å². The summed E-state index contributed by atoms with van der Waals surface area (Å²) in [5.74, 6) is 0.798. The molecule has 0 bridgehead atoms. The lowest BCUT2D eigenvalue weighted by Gasteiger charge is -2.06. The topological polar surface area (TPSA) is 35.2 Å². The molecule has 2 aromatic rings. The lowest BCUT2D eigenvalue weighted by molar-refractivity contribution is 0.306. The fourth-order valence-corrected chi connectivity index (χ4v) is 1.51. The predicted molar refractivity (Wildman–Crippen MR) is 66.6 cm³/mol. The van der Waals surface area contributed by atoms with Gasteiger partial charge in [-0.05, 0) is 42.0 Å². The summed E-state index contributed by atoms with van der Waals surface area (Å²) < 4.78 is 5.59. The second-order valence-corrected chi connectivity index (χ2v) is 3.92. The Labute approximate surface area is 99.6 Å². The Bertz CT molecular complexity index is 468. The molecule has 0 atom stereocenters. The SMILES string of the molecule is Nc1cccc(COc2ccc(Cl)cc2)c1. The van der Waals surface area contributed by atoms with Gasteiger partial charge in [0.2, 0.25) is 0 Å². The Hall–Kier alpha value is -1.67. The average Bonchev–Trinajstić information content (AvgIpc) is 2.28. The highest BCUT2D eigenvalue weighted by Crippen LogP contribution is 2.17. The van der Waals surface area contributed by atoms with E-state index in [0.29, 0.717) is 11.6 Å². The number of nitrogen functional groups attached to an aromatic ring is 1. The number of ether oxygens (including phenoxy) is 1. The molecule has 3 heteroatoms. The molecule has 0 amide bonds. The Morgan fingerprint density at radius 1 is 1.06 bits per heavy atom. The minimum atomic E-state index is 0.507. The number of anilines is 1. The summed E-state index contributed by atoms with van der Waals surface area (Å²) in [6.07, 6.45) is 0. The Morgan fingerprint density at radius 3 is 2.50 bits per heavy atom. The number of hydrogen-bond donors (Lipinski definition) is 1. The second-order valence-electron chi connectivity index (χ2n) is 3.49. The van der Waals surface area contributed by atoms with E-state index in [1.807, 2.05) is 36.4 Å². The van der Waals surface area contributed by atoms with Crippen LogP contribution in [-0.2, 0) is 6.61 Å². The van der Waals surface area contributed by atoms with Crippen molar-refractivity contribution in [2.24, 2.45) is 0 Å². The summed E-state index contributed by atoms with van der Waals surface area (Å²) in [6.45, 7) is 0.507. The van der Waals surface area contributed by atoms with Gasteiger partial charge in [-0.1, -0.05) is 23.7 Å². The van der Waals surface area contributed by atoms with E-state index < -0.39 is 0 Å². The van der Waals surface area contributed by atoms with Crippen LogP contribution >= 0.6 is 11.6 Å². The smallest absolute Gasteiger partial charge is 0.119 e. The molecule has 2 aromatic carbocycles. The normalized spacial score (nSPS) is 10.1. The monoisotopic (exact) mass is 233 g/mol. The van der Waals surface area contributed by atoms with Gasteiger partial charge in [-0.25, -0.2) is 0 Å². The number of hydrogen-bond acceptors (Lipinski definition) is 2. The van der Waals surface area contributed by atoms with Crippen LogP contribution in [0.5, 0.6) is 5.75 Å². The van der Waals surface area contributed by atoms with E-state index in [1.165, 1.54) is 0 Å². The Morgan fingerprint density at radius 2 is 1.81 bits per heavy atom. The largest absolute Gasteiger partial charge is 0.489 e. The van der Waals surface area contributed by atoms with E-state index in [1.54, 1.807) is 12.1 Å².